The van der Waals surface area contributed by atoms with Crippen LogP contribution in [0.5, 0.6) is 0 Å². The van der Waals surface area contributed by atoms with Gasteiger partial charge in [-0.1, -0.05) is 58.0 Å². The molecule has 0 amide bonds. The van der Waals surface area contributed by atoms with Gasteiger partial charge < -0.3 is 4.74 Å². The number of hydrogen-bond donors (Lipinski definition) is 0. The SMILES string of the molecule is COC(=O)c1ncc(C(F)(F)F)cc1-c1c(Cl)c(Cl)c(Cl)c(Cl)c1Cl. The standard InChI is InChI=1S/C14H5Cl5F3NO2/c1-25-13(24)12-5(2-4(3-23-12)14(20,21)22)6-7(15)9(17)11(19)10(18)8(6)16/h2-3H,1H3. The Morgan fingerprint density at radius 3 is 1.92 bits per heavy atom. The Hall–Kier alpha value is -0.920. The van der Waals surface area contributed by atoms with Gasteiger partial charge in [0.15, 0.2) is 5.69 Å². The first-order valence-electron chi connectivity index (χ1n) is 6.18. The maximum Gasteiger partial charge on any atom is 0.417 e. The second-order valence-electron chi connectivity index (χ2n) is 4.55. The molecule has 0 fully saturated rings. The van der Waals surface area contributed by atoms with Crippen molar-refractivity contribution in [3.05, 3.63) is 48.6 Å². The highest BCUT2D eigenvalue weighted by Gasteiger charge is 2.34. The molecule has 0 aliphatic heterocycles. The monoisotopic (exact) mass is 451 g/mol. The number of aromatic nitrogens is 1. The number of ether oxygens (including phenoxy) is 1. The molecule has 2 rings (SSSR count). The molecule has 0 saturated carbocycles. The van der Waals surface area contributed by atoms with Crippen molar-refractivity contribution in [3.8, 4) is 11.1 Å². The summed E-state index contributed by atoms with van der Waals surface area (Å²) < 4.78 is 43.6. The van der Waals surface area contributed by atoms with E-state index in [0.717, 1.165) is 7.11 Å². The third-order valence-corrected chi connectivity index (χ3v) is 5.35. The summed E-state index contributed by atoms with van der Waals surface area (Å²) in [6.07, 6.45) is -4.24. The van der Waals surface area contributed by atoms with Crippen molar-refractivity contribution >= 4 is 64.0 Å². The molecule has 1 heterocycles. The van der Waals surface area contributed by atoms with E-state index in [2.05, 4.69) is 9.72 Å². The van der Waals surface area contributed by atoms with E-state index >= 15 is 0 Å². The number of benzene rings is 1. The predicted molar refractivity (Wildman–Crippen MR) is 91.1 cm³/mol. The lowest BCUT2D eigenvalue weighted by molar-refractivity contribution is -0.137. The first-order chi connectivity index (χ1) is 11.5. The summed E-state index contributed by atoms with van der Waals surface area (Å²) in [7, 11) is 1.04. The van der Waals surface area contributed by atoms with Gasteiger partial charge in [-0.25, -0.2) is 9.78 Å². The molecule has 1 aromatic heterocycles. The van der Waals surface area contributed by atoms with Gasteiger partial charge in [-0.05, 0) is 6.07 Å². The lowest BCUT2D eigenvalue weighted by Gasteiger charge is -2.16. The number of nitrogens with zero attached hydrogens (tertiary/aromatic N) is 1. The van der Waals surface area contributed by atoms with Crippen molar-refractivity contribution < 1.29 is 22.7 Å². The van der Waals surface area contributed by atoms with Crippen molar-refractivity contribution in [1.29, 1.82) is 0 Å². The van der Waals surface area contributed by atoms with Crippen LogP contribution in [0, 0.1) is 0 Å². The number of methoxy groups -OCH3 is 1. The topological polar surface area (TPSA) is 39.2 Å². The molecule has 0 aliphatic carbocycles. The molecule has 0 saturated heterocycles. The fraction of sp³-hybridized carbons (Fsp3) is 0.143. The number of alkyl halides is 3. The van der Waals surface area contributed by atoms with E-state index in [1.165, 1.54) is 0 Å². The minimum atomic E-state index is -4.73. The van der Waals surface area contributed by atoms with Crippen molar-refractivity contribution in [3.63, 3.8) is 0 Å². The van der Waals surface area contributed by atoms with Gasteiger partial charge >= 0.3 is 12.1 Å². The maximum absolute atomic E-state index is 13.0. The van der Waals surface area contributed by atoms with Crippen LogP contribution in [0.25, 0.3) is 11.1 Å². The lowest BCUT2D eigenvalue weighted by Crippen LogP contribution is -2.12. The third-order valence-electron chi connectivity index (χ3n) is 3.07. The van der Waals surface area contributed by atoms with Crippen LogP contribution in [0.2, 0.25) is 25.1 Å². The number of rotatable bonds is 2. The molecular weight excluding hydrogens is 448 g/mol. The number of pyridine rings is 1. The molecule has 25 heavy (non-hydrogen) atoms. The average Bonchev–Trinajstić information content (AvgIpc) is 2.56. The number of halogens is 8. The van der Waals surface area contributed by atoms with Crippen molar-refractivity contribution in [2.24, 2.45) is 0 Å². The van der Waals surface area contributed by atoms with E-state index in [4.69, 9.17) is 58.0 Å². The van der Waals surface area contributed by atoms with E-state index in [0.29, 0.717) is 12.3 Å². The molecule has 3 nitrogen and oxygen atoms in total. The third kappa shape index (κ3) is 3.78. The summed E-state index contributed by atoms with van der Waals surface area (Å²) in [5, 5.41) is -1.22. The van der Waals surface area contributed by atoms with Gasteiger partial charge in [0.1, 0.15) is 0 Å². The van der Waals surface area contributed by atoms with Gasteiger partial charge in [-0.15, -0.1) is 0 Å². The molecule has 2 aromatic rings. The van der Waals surface area contributed by atoms with Crippen molar-refractivity contribution in [1.82, 2.24) is 4.98 Å². The highest BCUT2D eigenvalue weighted by Crippen LogP contribution is 2.49. The number of hydrogen-bond acceptors (Lipinski definition) is 3. The Labute approximate surface area is 164 Å². The predicted octanol–water partition coefficient (Wildman–Crippen LogP) is 6.82. The Morgan fingerprint density at radius 2 is 1.48 bits per heavy atom. The Morgan fingerprint density at radius 1 is 1.00 bits per heavy atom. The Balaban J connectivity index is 2.93. The van der Waals surface area contributed by atoms with Gasteiger partial charge in [0, 0.05) is 17.3 Å². The molecule has 1 aromatic carbocycles. The quantitative estimate of drug-likeness (QED) is 0.285. The second kappa shape index (κ2) is 7.37. The van der Waals surface area contributed by atoms with Gasteiger partial charge in [-0.2, -0.15) is 13.2 Å². The number of carbonyl (C=O) groups excluding carboxylic acids is 1. The fourth-order valence-electron chi connectivity index (χ4n) is 1.91. The average molecular weight is 453 g/mol. The Kier molecular flexibility index (Phi) is 6.01. The van der Waals surface area contributed by atoms with E-state index < -0.39 is 23.4 Å². The molecule has 134 valence electrons. The van der Waals surface area contributed by atoms with Crippen molar-refractivity contribution in [2.75, 3.05) is 7.11 Å². The van der Waals surface area contributed by atoms with Crippen LogP contribution in [0.3, 0.4) is 0 Å². The summed E-state index contributed by atoms with van der Waals surface area (Å²) in [6, 6.07) is 0.646. The summed E-state index contributed by atoms with van der Waals surface area (Å²) in [5.41, 5.74) is -2.16. The van der Waals surface area contributed by atoms with Gasteiger partial charge in [0.25, 0.3) is 0 Å². The zero-order chi connectivity index (χ0) is 19.1. The Bertz CT molecular complexity index is 842. The van der Waals surface area contributed by atoms with Crippen LogP contribution in [0.15, 0.2) is 12.3 Å². The van der Waals surface area contributed by atoms with Crippen LogP contribution >= 0.6 is 58.0 Å². The first kappa shape index (κ1) is 20.4. The molecular formula is C14H5Cl5F3NO2. The summed E-state index contributed by atoms with van der Waals surface area (Å²) in [6.45, 7) is 0. The van der Waals surface area contributed by atoms with Gasteiger partial charge in [0.2, 0.25) is 0 Å². The van der Waals surface area contributed by atoms with Crippen LogP contribution in [-0.4, -0.2) is 18.1 Å². The van der Waals surface area contributed by atoms with E-state index in [1.54, 1.807) is 0 Å². The van der Waals surface area contributed by atoms with Crippen LogP contribution < -0.4 is 0 Å². The zero-order valence-electron chi connectivity index (χ0n) is 11.9. The number of esters is 1. The van der Waals surface area contributed by atoms with E-state index in [9.17, 15) is 18.0 Å². The molecule has 0 bridgehead atoms. The normalized spacial score (nSPS) is 11.6. The minimum absolute atomic E-state index is 0.179. The molecule has 0 unspecified atom stereocenters. The summed E-state index contributed by atoms with van der Waals surface area (Å²) in [4.78, 5) is 15.4. The smallest absolute Gasteiger partial charge is 0.417 e. The number of carbonyl (C=O) groups is 1. The highest BCUT2D eigenvalue weighted by atomic mass is 35.5. The molecule has 11 heteroatoms. The fourth-order valence-corrected chi connectivity index (χ4v) is 3.25. The zero-order valence-corrected chi connectivity index (χ0v) is 15.7. The van der Waals surface area contributed by atoms with Crippen LogP contribution in [0.4, 0.5) is 13.2 Å². The molecule has 0 aliphatic rings. The summed E-state index contributed by atoms with van der Waals surface area (Å²) >= 11 is 29.9. The minimum Gasteiger partial charge on any atom is -0.464 e. The second-order valence-corrected chi connectivity index (χ2v) is 6.44. The lowest BCUT2D eigenvalue weighted by atomic mass is 10.0. The van der Waals surface area contributed by atoms with Crippen molar-refractivity contribution in [2.45, 2.75) is 6.18 Å². The maximum atomic E-state index is 13.0. The molecule has 0 atom stereocenters. The first-order valence-corrected chi connectivity index (χ1v) is 8.07. The summed E-state index contributed by atoms with van der Waals surface area (Å²) in [5.74, 6) is -1.00. The van der Waals surface area contributed by atoms with Gasteiger partial charge in [0.05, 0.1) is 37.8 Å². The highest BCUT2D eigenvalue weighted by molar-refractivity contribution is 6.56. The van der Waals surface area contributed by atoms with Crippen LogP contribution in [0.1, 0.15) is 16.1 Å². The van der Waals surface area contributed by atoms with Gasteiger partial charge in [-0.3, -0.25) is 0 Å². The largest absolute Gasteiger partial charge is 0.464 e. The molecule has 0 N–H and O–H groups in total. The van der Waals surface area contributed by atoms with E-state index in [-0.39, 0.29) is 36.2 Å². The molecule has 0 radical (unpaired) electrons. The molecule has 0 spiro atoms. The van der Waals surface area contributed by atoms with Crippen LogP contribution in [-0.2, 0) is 10.9 Å². The van der Waals surface area contributed by atoms with E-state index in [1.807, 2.05) is 0 Å².